The molecule has 0 aromatic heterocycles. The van der Waals surface area contributed by atoms with Crippen LogP contribution in [0.4, 0.5) is 5.69 Å². The Morgan fingerprint density at radius 1 is 1.00 bits per heavy atom. The van der Waals surface area contributed by atoms with E-state index in [1.807, 2.05) is 6.07 Å². The van der Waals surface area contributed by atoms with E-state index >= 15 is 0 Å². The highest BCUT2D eigenvalue weighted by Crippen LogP contribution is 2.44. The van der Waals surface area contributed by atoms with Crippen LogP contribution in [0.25, 0.3) is 0 Å². The summed E-state index contributed by atoms with van der Waals surface area (Å²) in [4.78, 5) is 26.8. The van der Waals surface area contributed by atoms with Gasteiger partial charge in [-0.15, -0.1) is 0 Å². The molecule has 0 spiro atoms. The number of methoxy groups -OCH3 is 2. The van der Waals surface area contributed by atoms with Crippen molar-refractivity contribution in [1.82, 2.24) is 5.32 Å². The number of carbonyl (C=O) groups excluding carboxylic acids is 2. The predicted molar refractivity (Wildman–Crippen MR) is 83.0 cm³/mol. The van der Waals surface area contributed by atoms with Crippen LogP contribution in [0, 0.1) is 0 Å². The van der Waals surface area contributed by atoms with Crippen molar-refractivity contribution in [2.24, 2.45) is 0 Å². The van der Waals surface area contributed by atoms with Crippen LogP contribution in [-0.2, 0) is 0 Å². The number of hydrogen-bond acceptors (Lipinski definition) is 4. The number of para-hydroxylation sites is 1. The maximum Gasteiger partial charge on any atom is 0.260 e. The molecule has 2 aromatic carbocycles. The van der Waals surface area contributed by atoms with Gasteiger partial charge < -0.3 is 14.8 Å². The van der Waals surface area contributed by atoms with Gasteiger partial charge in [-0.05, 0) is 24.3 Å². The minimum Gasteiger partial charge on any atom is -0.493 e. The average Bonchev–Trinajstić information content (AvgIpc) is 2.86. The first-order valence-electron chi connectivity index (χ1n) is 7.15. The number of anilines is 1. The maximum atomic E-state index is 12.8. The number of ether oxygens (including phenoxy) is 2. The van der Waals surface area contributed by atoms with Gasteiger partial charge in [-0.2, -0.15) is 0 Å². The second-order valence-corrected chi connectivity index (χ2v) is 5.36. The molecule has 4 rings (SSSR count). The summed E-state index contributed by atoms with van der Waals surface area (Å²) in [5, 5.41) is 2.88. The Bertz CT molecular complexity index is 846. The van der Waals surface area contributed by atoms with Crippen molar-refractivity contribution in [3.8, 4) is 11.5 Å². The van der Waals surface area contributed by atoms with Gasteiger partial charge in [-0.1, -0.05) is 12.1 Å². The van der Waals surface area contributed by atoms with Gasteiger partial charge in [0, 0.05) is 5.56 Å². The molecule has 0 aliphatic carbocycles. The Morgan fingerprint density at radius 3 is 2.43 bits per heavy atom. The van der Waals surface area contributed by atoms with E-state index in [-0.39, 0.29) is 11.8 Å². The molecule has 1 atom stereocenters. The standard InChI is InChI=1S/C17H14N2O4/c1-22-13-7-10-11(8-14(13)23-2)17(21)19-12-6-4-3-5-9(12)16(20)18-15(10)19/h3-8,15H,1-2H3,(H,18,20)/t15-/m0/s1. The summed E-state index contributed by atoms with van der Waals surface area (Å²) < 4.78 is 10.6. The van der Waals surface area contributed by atoms with Gasteiger partial charge in [0.25, 0.3) is 11.8 Å². The summed E-state index contributed by atoms with van der Waals surface area (Å²) in [7, 11) is 3.06. The Balaban J connectivity index is 1.92. The zero-order valence-electron chi connectivity index (χ0n) is 12.6. The van der Waals surface area contributed by atoms with E-state index in [1.54, 1.807) is 35.2 Å². The van der Waals surface area contributed by atoms with E-state index in [0.717, 1.165) is 0 Å². The summed E-state index contributed by atoms with van der Waals surface area (Å²) in [5.74, 6) is 0.642. The molecule has 2 aromatic rings. The fraction of sp³-hybridized carbons (Fsp3) is 0.176. The number of hydrogen-bond donors (Lipinski definition) is 1. The highest BCUT2D eigenvalue weighted by atomic mass is 16.5. The molecule has 116 valence electrons. The summed E-state index contributed by atoms with van der Waals surface area (Å²) in [5.41, 5.74) is 2.31. The second kappa shape index (κ2) is 4.74. The van der Waals surface area contributed by atoms with E-state index < -0.39 is 6.17 Å². The molecule has 2 amide bonds. The molecular weight excluding hydrogens is 296 g/mol. The minimum atomic E-state index is -0.528. The molecule has 2 aliphatic heterocycles. The topological polar surface area (TPSA) is 67.9 Å². The van der Waals surface area contributed by atoms with Crippen LogP contribution in [0.2, 0.25) is 0 Å². The van der Waals surface area contributed by atoms with Gasteiger partial charge in [0.05, 0.1) is 31.0 Å². The molecule has 1 N–H and O–H groups in total. The summed E-state index contributed by atoms with van der Waals surface area (Å²) in [6.07, 6.45) is -0.528. The Labute approximate surface area is 132 Å². The molecule has 2 heterocycles. The third kappa shape index (κ3) is 1.75. The lowest BCUT2D eigenvalue weighted by atomic mass is 10.0. The molecular formula is C17H14N2O4. The van der Waals surface area contributed by atoms with Crippen molar-refractivity contribution >= 4 is 17.5 Å². The number of nitrogens with one attached hydrogen (secondary N) is 1. The van der Waals surface area contributed by atoms with Crippen molar-refractivity contribution in [3.05, 3.63) is 53.1 Å². The smallest absolute Gasteiger partial charge is 0.260 e. The van der Waals surface area contributed by atoms with Crippen molar-refractivity contribution in [2.45, 2.75) is 6.17 Å². The highest BCUT2D eigenvalue weighted by Gasteiger charge is 2.44. The van der Waals surface area contributed by atoms with Gasteiger partial charge in [0.15, 0.2) is 11.5 Å². The first-order valence-corrected chi connectivity index (χ1v) is 7.15. The van der Waals surface area contributed by atoms with Gasteiger partial charge in [-0.3, -0.25) is 14.5 Å². The van der Waals surface area contributed by atoms with Crippen molar-refractivity contribution < 1.29 is 19.1 Å². The van der Waals surface area contributed by atoms with Crippen LogP contribution in [0.5, 0.6) is 11.5 Å². The van der Waals surface area contributed by atoms with Crippen LogP contribution in [0.15, 0.2) is 36.4 Å². The van der Waals surface area contributed by atoms with Gasteiger partial charge in [0.2, 0.25) is 0 Å². The molecule has 0 saturated heterocycles. The van der Waals surface area contributed by atoms with Gasteiger partial charge in [0.1, 0.15) is 6.17 Å². The minimum absolute atomic E-state index is 0.168. The maximum absolute atomic E-state index is 12.8. The van der Waals surface area contributed by atoms with Crippen LogP contribution in [0.1, 0.15) is 32.4 Å². The van der Waals surface area contributed by atoms with E-state index in [2.05, 4.69) is 5.32 Å². The Hall–Kier alpha value is -3.02. The lowest BCUT2D eigenvalue weighted by molar-refractivity contribution is 0.0912. The lowest BCUT2D eigenvalue weighted by Crippen LogP contribution is -2.45. The fourth-order valence-corrected chi connectivity index (χ4v) is 3.16. The van der Waals surface area contributed by atoms with Crippen LogP contribution in [0.3, 0.4) is 0 Å². The average molecular weight is 310 g/mol. The third-order valence-electron chi connectivity index (χ3n) is 4.23. The largest absolute Gasteiger partial charge is 0.493 e. The first-order chi connectivity index (χ1) is 11.2. The van der Waals surface area contributed by atoms with E-state index in [0.29, 0.717) is 33.9 Å². The molecule has 23 heavy (non-hydrogen) atoms. The van der Waals surface area contributed by atoms with Gasteiger partial charge >= 0.3 is 0 Å². The van der Waals surface area contributed by atoms with E-state index in [4.69, 9.17) is 9.47 Å². The molecule has 0 fully saturated rings. The molecule has 0 radical (unpaired) electrons. The first kappa shape index (κ1) is 13.6. The third-order valence-corrected chi connectivity index (χ3v) is 4.23. The lowest BCUT2D eigenvalue weighted by Gasteiger charge is -2.32. The second-order valence-electron chi connectivity index (χ2n) is 5.36. The zero-order valence-corrected chi connectivity index (χ0v) is 12.6. The summed E-state index contributed by atoms with van der Waals surface area (Å²) in [6.45, 7) is 0. The van der Waals surface area contributed by atoms with Crippen LogP contribution >= 0.6 is 0 Å². The Kier molecular flexibility index (Phi) is 2.81. The number of rotatable bonds is 2. The number of nitrogens with zero attached hydrogens (tertiary/aromatic N) is 1. The monoisotopic (exact) mass is 310 g/mol. The summed E-state index contributed by atoms with van der Waals surface area (Å²) >= 11 is 0. The Morgan fingerprint density at radius 2 is 1.70 bits per heavy atom. The van der Waals surface area contributed by atoms with Crippen molar-refractivity contribution in [2.75, 3.05) is 19.1 Å². The van der Waals surface area contributed by atoms with E-state index in [9.17, 15) is 9.59 Å². The predicted octanol–water partition coefficient (Wildman–Crippen LogP) is 2.11. The quantitative estimate of drug-likeness (QED) is 0.922. The highest BCUT2D eigenvalue weighted by molar-refractivity contribution is 6.17. The normalized spacial score (nSPS) is 18.0. The number of benzene rings is 2. The number of carbonyl (C=O) groups is 2. The SMILES string of the molecule is COc1cc2c(cc1OC)[C@H]1NC(=O)c3ccccc3N1C2=O. The molecule has 6 nitrogen and oxygen atoms in total. The van der Waals surface area contributed by atoms with E-state index in [1.165, 1.54) is 14.2 Å². The number of amides is 2. The van der Waals surface area contributed by atoms with Crippen LogP contribution in [-0.4, -0.2) is 26.0 Å². The number of fused-ring (bicyclic) bond motifs is 5. The fourth-order valence-electron chi connectivity index (χ4n) is 3.16. The van der Waals surface area contributed by atoms with Crippen molar-refractivity contribution in [1.29, 1.82) is 0 Å². The molecule has 2 aliphatic rings. The molecule has 0 bridgehead atoms. The van der Waals surface area contributed by atoms with Gasteiger partial charge in [-0.25, -0.2) is 0 Å². The molecule has 0 unspecified atom stereocenters. The summed E-state index contributed by atoms with van der Waals surface area (Å²) in [6, 6.07) is 10.5. The van der Waals surface area contributed by atoms with Crippen LogP contribution < -0.4 is 19.7 Å². The van der Waals surface area contributed by atoms with Crippen molar-refractivity contribution in [3.63, 3.8) is 0 Å². The zero-order chi connectivity index (χ0) is 16.1. The molecule has 0 saturated carbocycles. The molecule has 6 heteroatoms.